The molecule has 106 valence electrons. The molecule has 0 radical (unpaired) electrons. The van der Waals surface area contributed by atoms with E-state index >= 15 is 0 Å². The first kappa shape index (κ1) is 14.5. The highest BCUT2D eigenvalue weighted by Crippen LogP contribution is 2.46. The average molecular weight is 261 g/mol. The van der Waals surface area contributed by atoms with Crippen molar-refractivity contribution in [3.8, 4) is 0 Å². The van der Waals surface area contributed by atoms with Crippen LogP contribution in [0, 0.1) is 18.3 Å². The molecule has 0 atom stereocenters. The number of aryl methyl sites for hydroxylation is 1. The number of rotatable bonds is 3. The molecule has 0 aromatic carbocycles. The molecule has 0 aliphatic heterocycles. The fourth-order valence-corrected chi connectivity index (χ4v) is 3.26. The minimum Gasteiger partial charge on any atom is -0.385 e. The van der Waals surface area contributed by atoms with Crippen molar-refractivity contribution >= 4 is 0 Å². The number of aliphatic hydroxyl groups is 1. The molecule has 1 heterocycles. The first-order valence-corrected chi connectivity index (χ1v) is 7.52. The third kappa shape index (κ3) is 3.00. The molecule has 0 bridgehead atoms. The van der Waals surface area contributed by atoms with E-state index in [2.05, 4.69) is 31.8 Å². The van der Waals surface area contributed by atoms with Crippen molar-refractivity contribution in [1.29, 1.82) is 0 Å². The summed E-state index contributed by atoms with van der Waals surface area (Å²) in [5, 5.41) is 10.9. The molecule has 0 spiro atoms. The van der Waals surface area contributed by atoms with Gasteiger partial charge in [0.05, 0.1) is 5.60 Å². The van der Waals surface area contributed by atoms with Crippen LogP contribution in [0.1, 0.15) is 64.0 Å². The van der Waals surface area contributed by atoms with E-state index in [0.29, 0.717) is 5.41 Å². The number of hydrogen-bond acceptors (Lipinski definition) is 2. The predicted molar refractivity (Wildman–Crippen MR) is 78.9 cm³/mol. The van der Waals surface area contributed by atoms with Crippen LogP contribution < -0.4 is 0 Å². The first-order valence-electron chi connectivity index (χ1n) is 7.52. The lowest BCUT2D eigenvalue weighted by Gasteiger charge is -2.42. The summed E-state index contributed by atoms with van der Waals surface area (Å²) in [5.41, 5.74) is 1.87. The van der Waals surface area contributed by atoms with Gasteiger partial charge in [-0.25, -0.2) is 0 Å². The predicted octanol–water partition coefficient (Wildman–Crippen LogP) is 4.20. The number of nitrogens with zero attached hydrogens (tertiary/aromatic N) is 1. The zero-order valence-electron chi connectivity index (χ0n) is 12.7. The van der Waals surface area contributed by atoms with E-state index in [1.165, 1.54) is 6.42 Å². The molecular formula is C17H27NO. The molecule has 2 rings (SSSR count). The smallest absolute Gasteiger partial charge is 0.0911 e. The molecule has 1 aromatic rings. The second kappa shape index (κ2) is 5.24. The summed E-state index contributed by atoms with van der Waals surface area (Å²) in [6.07, 6.45) is 8.86. The summed E-state index contributed by atoms with van der Waals surface area (Å²) < 4.78 is 0. The van der Waals surface area contributed by atoms with Gasteiger partial charge in [0.25, 0.3) is 0 Å². The van der Waals surface area contributed by atoms with Crippen molar-refractivity contribution in [2.75, 3.05) is 0 Å². The minimum atomic E-state index is -0.653. The molecule has 0 amide bonds. The van der Waals surface area contributed by atoms with E-state index in [1.807, 2.05) is 19.3 Å². The van der Waals surface area contributed by atoms with Crippen LogP contribution in [0.2, 0.25) is 0 Å². The van der Waals surface area contributed by atoms with Gasteiger partial charge in [-0.05, 0) is 49.5 Å². The lowest BCUT2D eigenvalue weighted by Crippen LogP contribution is -2.36. The van der Waals surface area contributed by atoms with Gasteiger partial charge >= 0.3 is 0 Å². The van der Waals surface area contributed by atoms with Gasteiger partial charge in [0, 0.05) is 18.0 Å². The summed E-state index contributed by atoms with van der Waals surface area (Å²) in [4.78, 5) is 4.23. The first-order chi connectivity index (χ1) is 8.87. The Morgan fingerprint density at radius 1 is 1.32 bits per heavy atom. The Morgan fingerprint density at radius 2 is 1.95 bits per heavy atom. The molecule has 1 N–H and O–H groups in total. The highest BCUT2D eigenvalue weighted by Gasteiger charge is 2.39. The van der Waals surface area contributed by atoms with Crippen LogP contribution in [0.5, 0.6) is 0 Å². The van der Waals surface area contributed by atoms with E-state index in [0.717, 1.165) is 42.7 Å². The van der Waals surface area contributed by atoms with Gasteiger partial charge in [0.15, 0.2) is 0 Å². The zero-order valence-corrected chi connectivity index (χ0v) is 12.7. The third-order valence-electron chi connectivity index (χ3n) is 5.24. The maximum Gasteiger partial charge on any atom is 0.0911 e. The highest BCUT2D eigenvalue weighted by atomic mass is 16.3. The summed E-state index contributed by atoms with van der Waals surface area (Å²) >= 11 is 0. The van der Waals surface area contributed by atoms with Crippen molar-refractivity contribution in [2.24, 2.45) is 11.3 Å². The number of hydrogen-bond donors (Lipinski definition) is 1. The Labute approximate surface area is 117 Å². The van der Waals surface area contributed by atoms with E-state index in [-0.39, 0.29) is 0 Å². The largest absolute Gasteiger partial charge is 0.385 e. The minimum absolute atomic E-state index is 0.395. The molecule has 1 aliphatic rings. The van der Waals surface area contributed by atoms with Gasteiger partial charge in [-0.3, -0.25) is 4.98 Å². The number of aromatic nitrogens is 1. The maximum atomic E-state index is 10.9. The van der Waals surface area contributed by atoms with Crippen LogP contribution in [-0.2, 0) is 5.60 Å². The molecule has 1 aliphatic carbocycles. The SMILES string of the molecule is CCC(C)(C)C1CCC(O)(c2cncc(C)c2)CC1. The second-order valence-corrected chi connectivity index (χ2v) is 6.90. The van der Waals surface area contributed by atoms with E-state index in [9.17, 15) is 5.11 Å². The third-order valence-corrected chi connectivity index (χ3v) is 5.24. The summed E-state index contributed by atoms with van der Waals surface area (Å²) in [7, 11) is 0. The van der Waals surface area contributed by atoms with Gasteiger partial charge in [0.1, 0.15) is 0 Å². The summed E-state index contributed by atoms with van der Waals surface area (Å²) in [5.74, 6) is 0.732. The van der Waals surface area contributed by atoms with Crippen molar-refractivity contribution in [3.63, 3.8) is 0 Å². The maximum absolute atomic E-state index is 10.9. The van der Waals surface area contributed by atoms with Crippen LogP contribution in [0.25, 0.3) is 0 Å². The molecule has 0 unspecified atom stereocenters. The van der Waals surface area contributed by atoms with Crippen LogP contribution >= 0.6 is 0 Å². The lowest BCUT2D eigenvalue weighted by molar-refractivity contribution is -0.0330. The van der Waals surface area contributed by atoms with Crippen molar-refractivity contribution in [1.82, 2.24) is 4.98 Å². The van der Waals surface area contributed by atoms with Crippen LogP contribution in [0.4, 0.5) is 0 Å². The van der Waals surface area contributed by atoms with Crippen LogP contribution in [0.15, 0.2) is 18.5 Å². The Kier molecular flexibility index (Phi) is 4.00. The van der Waals surface area contributed by atoms with E-state index in [1.54, 1.807) is 0 Å². The fourth-order valence-electron chi connectivity index (χ4n) is 3.26. The van der Waals surface area contributed by atoms with Gasteiger partial charge in [-0.2, -0.15) is 0 Å². The van der Waals surface area contributed by atoms with E-state index < -0.39 is 5.60 Å². The molecule has 1 fully saturated rings. The van der Waals surface area contributed by atoms with Crippen LogP contribution in [0.3, 0.4) is 0 Å². The van der Waals surface area contributed by atoms with Crippen LogP contribution in [-0.4, -0.2) is 10.1 Å². The van der Waals surface area contributed by atoms with Gasteiger partial charge in [-0.1, -0.05) is 33.3 Å². The quantitative estimate of drug-likeness (QED) is 0.884. The van der Waals surface area contributed by atoms with Crippen molar-refractivity contribution in [2.45, 2.75) is 65.4 Å². The highest BCUT2D eigenvalue weighted by molar-refractivity contribution is 5.23. The normalized spacial score (nSPS) is 28.4. The molecule has 2 heteroatoms. The molecule has 1 saturated carbocycles. The molecular weight excluding hydrogens is 234 g/mol. The summed E-state index contributed by atoms with van der Waals surface area (Å²) in [6, 6.07) is 2.08. The second-order valence-electron chi connectivity index (χ2n) is 6.90. The number of pyridine rings is 1. The lowest BCUT2D eigenvalue weighted by atomic mass is 9.65. The van der Waals surface area contributed by atoms with Gasteiger partial charge in [-0.15, -0.1) is 0 Å². The zero-order chi connectivity index (χ0) is 14.1. The van der Waals surface area contributed by atoms with Gasteiger partial charge in [0.2, 0.25) is 0 Å². The Morgan fingerprint density at radius 3 is 2.47 bits per heavy atom. The Hall–Kier alpha value is -0.890. The van der Waals surface area contributed by atoms with Crippen molar-refractivity contribution in [3.05, 3.63) is 29.6 Å². The molecule has 2 nitrogen and oxygen atoms in total. The topological polar surface area (TPSA) is 33.1 Å². The van der Waals surface area contributed by atoms with E-state index in [4.69, 9.17) is 0 Å². The summed E-state index contributed by atoms with van der Waals surface area (Å²) in [6.45, 7) is 9.02. The molecule has 19 heavy (non-hydrogen) atoms. The Balaban J connectivity index is 2.10. The monoisotopic (exact) mass is 261 g/mol. The molecule has 0 saturated heterocycles. The molecule has 1 aromatic heterocycles. The standard InChI is InChI=1S/C17H27NO/c1-5-16(3,4)14-6-8-17(19,9-7-14)15-10-13(2)11-18-12-15/h10-12,14,19H,5-9H2,1-4H3. The Bertz CT molecular complexity index is 431. The van der Waals surface area contributed by atoms with Gasteiger partial charge < -0.3 is 5.11 Å². The fraction of sp³-hybridized carbons (Fsp3) is 0.706. The van der Waals surface area contributed by atoms with Crippen molar-refractivity contribution < 1.29 is 5.11 Å². The average Bonchev–Trinajstić information content (AvgIpc) is 2.39.